The summed E-state index contributed by atoms with van der Waals surface area (Å²) >= 11 is 7.04. The Morgan fingerprint density at radius 3 is 2.38 bits per heavy atom. The van der Waals surface area contributed by atoms with Crippen LogP contribution in [-0.2, 0) is 4.74 Å². The molecule has 0 saturated heterocycles. The molecular weight excluding hydrogens is 146 g/mol. The molecule has 0 unspecified atom stereocenters. The second-order valence-corrected chi connectivity index (χ2v) is 2.02. The second-order valence-electron chi connectivity index (χ2n) is 0.904. The Labute approximate surface area is 59.1 Å². The highest BCUT2D eigenvalue weighted by Gasteiger charge is 2.02. The summed E-state index contributed by atoms with van der Waals surface area (Å²) in [6, 6.07) is 0. The van der Waals surface area contributed by atoms with E-state index in [4.69, 9.17) is 0 Å². The summed E-state index contributed by atoms with van der Waals surface area (Å²) in [6.07, 6.45) is -0.619. The van der Waals surface area contributed by atoms with E-state index in [0.29, 0.717) is 0 Å². The molecule has 0 atom stereocenters. The summed E-state index contributed by atoms with van der Waals surface area (Å²) in [5.74, 6) is 0. The largest absolute Gasteiger partial charge is 0.448 e. The van der Waals surface area contributed by atoms with Crippen LogP contribution in [0.5, 0.6) is 0 Å². The Hall–Kier alpha value is -0.0300. The third-order valence-corrected chi connectivity index (χ3v) is 0.715. The van der Waals surface area contributed by atoms with Gasteiger partial charge in [-0.3, -0.25) is 0 Å². The van der Waals surface area contributed by atoms with Crippen LogP contribution in [0, 0.1) is 6.92 Å². The van der Waals surface area contributed by atoms with Crippen molar-refractivity contribution in [2.24, 2.45) is 0 Å². The van der Waals surface area contributed by atoms with Crippen molar-refractivity contribution >= 4 is 31.7 Å². The minimum absolute atomic E-state index is 0.0937. The van der Waals surface area contributed by atoms with E-state index in [0.717, 1.165) is 3.71 Å². The third kappa shape index (κ3) is 3.04. The van der Waals surface area contributed by atoms with Crippen molar-refractivity contribution in [3.63, 3.8) is 0 Å². The first-order chi connectivity index (χ1) is 3.68. The molecule has 0 spiro atoms. The van der Waals surface area contributed by atoms with Gasteiger partial charge in [0.05, 0.1) is 6.61 Å². The number of hydrogen-bond acceptors (Lipinski definition) is 4. The van der Waals surface area contributed by atoms with E-state index < -0.39 is 6.09 Å². The van der Waals surface area contributed by atoms with Crippen LogP contribution < -0.4 is 0 Å². The van der Waals surface area contributed by atoms with Gasteiger partial charge in [0, 0.05) is 0 Å². The molecule has 0 saturated carbocycles. The van der Waals surface area contributed by atoms with E-state index in [1.807, 2.05) is 0 Å². The van der Waals surface area contributed by atoms with E-state index >= 15 is 0 Å². The molecule has 0 aliphatic carbocycles. The highest BCUT2D eigenvalue weighted by molar-refractivity contribution is 7.94. The van der Waals surface area contributed by atoms with Gasteiger partial charge >= 0.3 is 6.09 Å². The van der Waals surface area contributed by atoms with Crippen LogP contribution >= 0.6 is 25.6 Å². The fraction of sp³-hybridized carbons (Fsp3) is 0.333. The zero-order valence-corrected chi connectivity index (χ0v) is 5.86. The molecule has 0 aromatic rings. The first kappa shape index (κ1) is 7.97. The molecular formula is C3H6NO2S2. The lowest BCUT2D eigenvalue weighted by molar-refractivity contribution is 0.154. The maximum atomic E-state index is 10.3. The quantitative estimate of drug-likeness (QED) is 0.548. The predicted octanol–water partition coefficient (Wildman–Crippen LogP) is 0.949. The van der Waals surface area contributed by atoms with Crippen molar-refractivity contribution in [2.75, 3.05) is 6.61 Å². The average Bonchev–Trinajstić information content (AvgIpc) is 1.67. The smallest absolute Gasteiger partial charge is 0.429 e. The molecule has 0 heterocycles. The fourth-order valence-electron chi connectivity index (χ4n) is 0.145. The van der Waals surface area contributed by atoms with Gasteiger partial charge in [-0.1, -0.05) is 0 Å². The molecule has 3 nitrogen and oxygen atoms in total. The molecule has 0 aliphatic rings. The molecule has 0 aromatic carbocycles. The molecule has 0 N–H and O–H groups in total. The summed E-state index contributed by atoms with van der Waals surface area (Å²) in [5, 5.41) is 0. The van der Waals surface area contributed by atoms with Crippen LogP contribution in [0.15, 0.2) is 0 Å². The van der Waals surface area contributed by atoms with Crippen LogP contribution in [0.4, 0.5) is 4.79 Å². The number of thiol groups is 2. The number of carbonyl (C=O) groups is 1. The first-order valence-electron chi connectivity index (χ1n) is 1.82. The normalized spacial score (nSPS) is 8.38. The lowest BCUT2D eigenvalue weighted by Gasteiger charge is -2.04. The van der Waals surface area contributed by atoms with Gasteiger partial charge < -0.3 is 4.74 Å². The van der Waals surface area contributed by atoms with Gasteiger partial charge in [0.1, 0.15) is 0 Å². The number of amides is 1. The molecule has 5 heteroatoms. The van der Waals surface area contributed by atoms with E-state index in [2.05, 4.69) is 37.3 Å². The summed E-state index contributed by atoms with van der Waals surface area (Å²) in [5.41, 5.74) is 0. The van der Waals surface area contributed by atoms with E-state index in [9.17, 15) is 4.79 Å². The number of nitrogens with zero attached hydrogens (tertiary/aromatic N) is 1. The zero-order valence-electron chi connectivity index (χ0n) is 4.07. The lowest BCUT2D eigenvalue weighted by Crippen LogP contribution is -2.12. The van der Waals surface area contributed by atoms with Gasteiger partial charge in [-0.05, 0) is 32.6 Å². The summed E-state index contributed by atoms with van der Waals surface area (Å²) in [6.45, 7) is 3.36. The average molecular weight is 152 g/mol. The summed E-state index contributed by atoms with van der Waals surface area (Å²) in [7, 11) is 0. The van der Waals surface area contributed by atoms with Crippen molar-refractivity contribution in [1.29, 1.82) is 0 Å². The zero-order chi connectivity index (χ0) is 6.57. The van der Waals surface area contributed by atoms with Crippen molar-refractivity contribution in [1.82, 2.24) is 3.71 Å². The molecule has 0 bridgehead atoms. The van der Waals surface area contributed by atoms with Crippen molar-refractivity contribution in [3.8, 4) is 0 Å². The minimum atomic E-state index is -0.619. The highest BCUT2D eigenvalue weighted by Crippen LogP contribution is 1.99. The molecule has 1 amide bonds. The molecule has 8 heavy (non-hydrogen) atoms. The summed E-state index contributed by atoms with van der Waals surface area (Å²) < 4.78 is 5.07. The van der Waals surface area contributed by atoms with Gasteiger partial charge in [-0.15, -0.1) is 0 Å². The number of ether oxygens (including phenoxy) is 1. The minimum Gasteiger partial charge on any atom is -0.448 e. The van der Waals surface area contributed by atoms with Gasteiger partial charge in [-0.2, -0.15) is 3.71 Å². The fourth-order valence-corrected chi connectivity index (χ4v) is 0.261. The summed E-state index contributed by atoms with van der Waals surface area (Å²) in [4.78, 5) is 10.3. The molecule has 1 radical (unpaired) electrons. The van der Waals surface area contributed by atoms with E-state index in [1.54, 1.807) is 0 Å². The molecule has 0 aromatic heterocycles. The number of hydrogen-bond donors (Lipinski definition) is 2. The molecule has 0 aliphatic heterocycles. The topological polar surface area (TPSA) is 29.5 Å². The Balaban J connectivity index is 3.33. The molecule has 0 fully saturated rings. The van der Waals surface area contributed by atoms with Crippen LogP contribution in [0.1, 0.15) is 0 Å². The van der Waals surface area contributed by atoms with E-state index in [1.165, 1.54) is 0 Å². The second kappa shape index (κ2) is 3.91. The highest BCUT2D eigenvalue weighted by atomic mass is 32.2. The van der Waals surface area contributed by atoms with Crippen molar-refractivity contribution in [2.45, 2.75) is 0 Å². The lowest BCUT2D eigenvalue weighted by atomic mass is 10.9. The number of rotatable bonds is 1. The standard InChI is InChI=1S/C3H6NO2S2/c1-2-6-3(5)4(7)8/h7-8H,1-2H2. The monoisotopic (exact) mass is 152 g/mol. The van der Waals surface area contributed by atoms with Gasteiger partial charge in [-0.25, -0.2) is 4.79 Å². The van der Waals surface area contributed by atoms with Gasteiger partial charge in [0.25, 0.3) is 0 Å². The third-order valence-electron chi connectivity index (χ3n) is 0.389. The van der Waals surface area contributed by atoms with Crippen LogP contribution in [-0.4, -0.2) is 16.4 Å². The SMILES string of the molecule is [CH2]COC(=O)N(S)S. The first-order valence-corrected chi connectivity index (χ1v) is 2.62. The van der Waals surface area contributed by atoms with Crippen LogP contribution in [0.2, 0.25) is 0 Å². The Kier molecular flexibility index (Phi) is 3.90. The Bertz CT molecular complexity index is 85.4. The maximum Gasteiger partial charge on any atom is 0.429 e. The molecule has 47 valence electrons. The van der Waals surface area contributed by atoms with Crippen molar-refractivity contribution < 1.29 is 9.53 Å². The van der Waals surface area contributed by atoms with Gasteiger partial charge in [0.15, 0.2) is 0 Å². The molecule has 0 rings (SSSR count). The Morgan fingerprint density at radius 2 is 2.25 bits per heavy atom. The maximum absolute atomic E-state index is 10.3. The predicted molar refractivity (Wildman–Crippen MR) is 36.5 cm³/mol. The number of carbonyl (C=O) groups excluding carboxylic acids is 1. The van der Waals surface area contributed by atoms with Crippen LogP contribution in [0.25, 0.3) is 0 Å². The van der Waals surface area contributed by atoms with E-state index in [-0.39, 0.29) is 6.61 Å². The van der Waals surface area contributed by atoms with Crippen LogP contribution in [0.3, 0.4) is 0 Å². The van der Waals surface area contributed by atoms with Gasteiger partial charge in [0.2, 0.25) is 0 Å². The Morgan fingerprint density at radius 1 is 1.75 bits per heavy atom. The van der Waals surface area contributed by atoms with Crippen molar-refractivity contribution in [3.05, 3.63) is 6.92 Å².